The Hall–Kier alpha value is -1.43. The molecule has 1 aromatic carbocycles. The van der Waals surface area contributed by atoms with Crippen LogP contribution >= 0.6 is 7.82 Å². The van der Waals surface area contributed by atoms with Gasteiger partial charge in [0, 0.05) is 19.2 Å². The van der Waals surface area contributed by atoms with Gasteiger partial charge in [-0.15, -0.1) is 0 Å². The maximum absolute atomic E-state index is 10.8. The van der Waals surface area contributed by atoms with Crippen LogP contribution in [-0.2, 0) is 9.09 Å². The largest absolute Gasteiger partial charge is 0.746 e. The summed E-state index contributed by atoms with van der Waals surface area (Å²) < 4.78 is 19.3. The first kappa shape index (κ1) is 11.6. The van der Waals surface area contributed by atoms with Gasteiger partial charge < -0.3 is 13.9 Å². The van der Waals surface area contributed by atoms with E-state index < -0.39 is 12.7 Å². The molecule has 0 radical (unpaired) electrons. The minimum Gasteiger partial charge on any atom is -0.746 e. The van der Waals surface area contributed by atoms with Crippen molar-refractivity contribution in [3.63, 3.8) is 0 Å². The molecule has 0 amide bonds. The molecule has 1 aromatic rings. The van der Waals surface area contributed by atoms with E-state index in [1.165, 1.54) is 12.1 Å². The zero-order valence-electron chi connectivity index (χ0n) is 7.65. The van der Waals surface area contributed by atoms with Gasteiger partial charge >= 0.3 is 7.82 Å². The summed E-state index contributed by atoms with van der Waals surface area (Å²) in [4.78, 5) is 20.5. The first-order valence-electron chi connectivity index (χ1n) is 3.75. The molecule has 0 saturated heterocycles. The normalized spacial score (nSPS) is 14.3. The van der Waals surface area contributed by atoms with Gasteiger partial charge in [0.25, 0.3) is 5.69 Å². The first-order chi connectivity index (χ1) is 6.94. The molecule has 82 valence electrons. The van der Waals surface area contributed by atoms with Gasteiger partial charge in [-0.25, -0.2) is 0 Å². The van der Waals surface area contributed by atoms with Gasteiger partial charge in [-0.1, -0.05) is 0 Å². The second-order valence-corrected chi connectivity index (χ2v) is 3.91. The lowest BCUT2D eigenvalue weighted by Gasteiger charge is -2.20. The van der Waals surface area contributed by atoms with Gasteiger partial charge in [-0.05, 0) is 12.1 Å². The fourth-order valence-corrected chi connectivity index (χ4v) is 1.25. The Morgan fingerprint density at radius 3 is 2.27 bits per heavy atom. The van der Waals surface area contributed by atoms with Crippen molar-refractivity contribution in [3.8, 4) is 5.75 Å². The predicted octanol–water partition coefficient (Wildman–Crippen LogP) is 1.09. The van der Waals surface area contributed by atoms with E-state index in [1.54, 1.807) is 0 Å². The SMILES string of the molecule is COP(=O)([O-])Oc1ccc([N+](=O)[O-])cc1. The summed E-state index contributed by atoms with van der Waals surface area (Å²) in [5.41, 5.74) is -0.152. The molecule has 0 heterocycles. The average Bonchev–Trinajstić information content (AvgIpc) is 2.18. The highest BCUT2D eigenvalue weighted by atomic mass is 31.2. The number of non-ortho nitro benzene ring substituents is 1. The smallest absolute Gasteiger partial charge is 0.319 e. The summed E-state index contributed by atoms with van der Waals surface area (Å²) in [5, 5.41) is 10.3. The molecule has 1 unspecified atom stereocenters. The van der Waals surface area contributed by atoms with E-state index in [-0.39, 0.29) is 11.4 Å². The molecule has 0 aliphatic heterocycles. The number of benzene rings is 1. The number of rotatable bonds is 4. The standard InChI is InChI=1S/C7H8NO6P/c1-13-15(11,12)14-7-4-2-6(3-5-7)8(9)10/h2-5H,1H3,(H,11,12)/p-1. The summed E-state index contributed by atoms with van der Waals surface area (Å²) >= 11 is 0. The maximum Gasteiger partial charge on any atom is 0.319 e. The molecule has 0 N–H and O–H groups in total. The average molecular weight is 232 g/mol. The third-order valence-electron chi connectivity index (χ3n) is 1.49. The predicted molar refractivity (Wildman–Crippen MR) is 48.3 cm³/mol. The molecule has 1 rings (SSSR count). The Labute approximate surface area is 85.0 Å². The highest BCUT2D eigenvalue weighted by molar-refractivity contribution is 7.46. The highest BCUT2D eigenvalue weighted by Crippen LogP contribution is 2.38. The van der Waals surface area contributed by atoms with Crippen LogP contribution in [0.2, 0.25) is 0 Å². The van der Waals surface area contributed by atoms with Crippen LogP contribution < -0.4 is 9.42 Å². The van der Waals surface area contributed by atoms with Crippen molar-refractivity contribution in [1.29, 1.82) is 0 Å². The number of nitrogens with zero attached hydrogens (tertiary/aromatic N) is 1. The Morgan fingerprint density at radius 2 is 1.87 bits per heavy atom. The third kappa shape index (κ3) is 3.32. The van der Waals surface area contributed by atoms with Crippen molar-refractivity contribution in [2.24, 2.45) is 0 Å². The van der Waals surface area contributed by atoms with Crippen molar-refractivity contribution in [3.05, 3.63) is 34.4 Å². The lowest BCUT2D eigenvalue weighted by atomic mass is 10.3. The van der Waals surface area contributed by atoms with Crippen LogP contribution in [0.25, 0.3) is 0 Å². The van der Waals surface area contributed by atoms with Crippen LogP contribution in [0.3, 0.4) is 0 Å². The summed E-state index contributed by atoms with van der Waals surface area (Å²) in [6.07, 6.45) is 0. The molecule has 0 bridgehead atoms. The summed E-state index contributed by atoms with van der Waals surface area (Å²) in [6, 6.07) is 4.60. The van der Waals surface area contributed by atoms with Crippen molar-refractivity contribution in [1.82, 2.24) is 0 Å². The van der Waals surface area contributed by atoms with Gasteiger partial charge in [0.1, 0.15) is 5.75 Å². The number of hydrogen-bond donors (Lipinski definition) is 0. The van der Waals surface area contributed by atoms with Gasteiger partial charge in [-0.2, -0.15) is 0 Å². The Balaban J connectivity index is 2.82. The van der Waals surface area contributed by atoms with Crippen molar-refractivity contribution in [2.45, 2.75) is 0 Å². The second-order valence-electron chi connectivity index (χ2n) is 2.47. The second kappa shape index (κ2) is 4.39. The first-order valence-corrected chi connectivity index (χ1v) is 5.21. The number of phosphoric acid groups is 1. The lowest BCUT2D eigenvalue weighted by molar-refractivity contribution is -0.384. The van der Waals surface area contributed by atoms with Crippen LogP contribution in [0.4, 0.5) is 5.69 Å². The molecule has 0 saturated carbocycles. The van der Waals surface area contributed by atoms with E-state index in [0.717, 1.165) is 19.2 Å². The molecule has 0 fully saturated rings. The van der Waals surface area contributed by atoms with E-state index >= 15 is 0 Å². The Morgan fingerprint density at radius 1 is 1.33 bits per heavy atom. The molecule has 0 spiro atoms. The molecular weight excluding hydrogens is 225 g/mol. The molecule has 0 aromatic heterocycles. The fourth-order valence-electron chi connectivity index (χ4n) is 0.795. The third-order valence-corrected chi connectivity index (χ3v) is 2.37. The Bertz CT molecular complexity index is 402. The fraction of sp³-hybridized carbons (Fsp3) is 0.143. The monoisotopic (exact) mass is 232 g/mol. The van der Waals surface area contributed by atoms with Gasteiger partial charge in [0.15, 0.2) is 0 Å². The van der Waals surface area contributed by atoms with Gasteiger partial charge in [0.05, 0.1) is 4.92 Å². The van der Waals surface area contributed by atoms with Crippen LogP contribution in [0.15, 0.2) is 24.3 Å². The lowest BCUT2D eigenvalue weighted by Crippen LogP contribution is -2.08. The molecule has 7 nitrogen and oxygen atoms in total. The molecule has 15 heavy (non-hydrogen) atoms. The van der Waals surface area contributed by atoms with Gasteiger partial charge in [-0.3, -0.25) is 14.7 Å². The van der Waals surface area contributed by atoms with Gasteiger partial charge in [0.2, 0.25) is 0 Å². The molecule has 8 heteroatoms. The zero-order chi connectivity index (χ0) is 11.5. The van der Waals surface area contributed by atoms with Crippen LogP contribution in [0.1, 0.15) is 0 Å². The minimum atomic E-state index is -4.35. The summed E-state index contributed by atoms with van der Waals surface area (Å²) in [5.74, 6) is -0.0409. The van der Waals surface area contributed by atoms with E-state index in [4.69, 9.17) is 0 Å². The molecular formula is C7H7NO6P-. The molecule has 0 aliphatic rings. The topological polar surface area (TPSA) is 102 Å². The quantitative estimate of drug-likeness (QED) is 0.437. The molecule has 0 aliphatic carbocycles. The highest BCUT2D eigenvalue weighted by Gasteiger charge is 2.10. The van der Waals surface area contributed by atoms with Crippen molar-refractivity contribution >= 4 is 13.5 Å². The Kier molecular flexibility index (Phi) is 3.41. The van der Waals surface area contributed by atoms with Crippen molar-refractivity contribution < 1.29 is 23.4 Å². The van der Waals surface area contributed by atoms with Crippen molar-refractivity contribution in [2.75, 3.05) is 7.11 Å². The number of nitro benzene ring substituents is 1. The number of hydrogen-bond acceptors (Lipinski definition) is 6. The van der Waals surface area contributed by atoms with Crippen LogP contribution in [-0.4, -0.2) is 12.0 Å². The molecule has 1 atom stereocenters. The van der Waals surface area contributed by atoms with E-state index in [2.05, 4.69) is 9.05 Å². The van der Waals surface area contributed by atoms with Crippen LogP contribution in [0, 0.1) is 10.1 Å². The number of nitro groups is 1. The summed E-state index contributed by atoms with van der Waals surface area (Å²) in [6.45, 7) is 0. The summed E-state index contributed by atoms with van der Waals surface area (Å²) in [7, 11) is -3.40. The number of phosphoric ester groups is 1. The van der Waals surface area contributed by atoms with Crippen LogP contribution in [0.5, 0.6) is 5.75 Å². The van der Waals surface area contributed by atoms with E-state index in [9.17, 15) is 19.6 Å². The minimum absolute atomic E-state index is 0.0409. The zero-order valence-corrected chi connectivity index (χ0v) is 8.55. The van der Waals surface area contributed by atoms with E-state index in [1.807, 2.05) is 0 Å². The maximum atomic E-state index is 10.8. The van der Waals surface area contributed by atoms with E-state index in [0.29, 0.717) is 0 Å².